The maximum atomic E-state index is 11.4. The second-order valence-corrected chi connectivity index (χ2v) is 4.31. The van der Waals surface area contributed by atoms with Crippen LogP contribution in [0.3, 0.4) is 0 Å². The maximum Gasteiger partial charge on any atom is 0.345 e. The van der Waals surface area contributed by atoms with Crippen molar-refractivity contribution in [2.75, 3.05) is 13.7 Å². The highest BCUT2D eigenvalue weighted by atomic mass is 16.5. The first-order valence-electron chi connectivity index (χ1n) is 4.68. The van der Waals surface area contributed by atoms with Crippen LogP contribution in [-0.2, 0) is 4.74 Å². The summed E-state index contributed by atoms with van der Waals surface area (Å²) in [5.74, 6) is 0.382. The quantitative estimate of drug-likeness (QED) is 0.609. The normalized spacial score (nSPS) is 35.5. The van der Waals surface area contributed by atoms with Gasteiger partial charge >= 0.3 is 6.03 Å². The number of hydrogen-bond donors (Lipinski definition) is 1. The molecule has 0 aromatic rings. The molecule has 2 aliphatic heterocycles. The number of nitrogens with zero attached hydrogens (tertiary/aromatic N) is 2. The summed E-state index contributed by atoms with van der Waals surface area (Å²) >= 11 is 0. The van der Waals surface area contributed by atoms with E-state index in [1.165, 1.54) is 0 Å². The van der Waals surface area contributed by atoms with Gasteiger partial charge in [0, 0.05) is 13.5 Å². The number of carbonyl (C=O) groups excluding carboxylic acids is 1. The lowest BCUT2D eigenvalue weighted by molar-refractivity contribution is -0.0121. The molecular weight excluding hydrogens is 182 g/mol. The van der Waals surface area contributed by atoms with Crippen molar-refractivity contribution in [2.24, 2.45) is 10.7 Å². The monoisotopic (exact) mass is 197 g/mol. The van der Waals surface area contributed by atoms with Crippen LogP contribution in [0.15, 0.2) is 4.99 Å². The van der Waals surface area contributed by atoms with Crippen molar-refractivity contribution in [3.05, 3.63) is 0 Å². The number of aliphatic imine (C=N–C) groups is 1. The van der Waals surface area contributed by atoms with Gasteiger partial charge in [-0.3, -0.25) is 0 Å². The lowest BCUT2D eigenvalue weighted by Crippen LogP contribution is -2.62. The molecule has 0 bridgehead atoms. The highest BCUT2D eigenvalue weighted by Gasteiger charge is 2.60. The van der Waals surface area contributed by atoms with Crippen LogP contribution in [0.4, 0.5) is 4.79 Å². The summed E-state index contributed by atoms with van der Waals surface area (Å²) in [6.07, 6.45) is 0.720. The van der Waals surface area contributed by atoms with E-state index in [0.29, 0.717) is 12.4 Å². The number of amides is 2. The molecule has 1 unspecified atom stereocenters. The Labute approximate surface area is 82.9 Å². The summed E-state index contributed by atoms with van der Waals surface area (Å²) in [5, 5.41) is 0. The summed E-state index contributed by atoms with van der Waals surface area (Å²) < 4.78 is 5.61. The van der Waals surface area contributed by atoms with Gasteiger partial charge in [-0.2, -0.15) is 4.99 Å². The Morgan fingerprint density at radius 1 is 1.57 bits per heavy atom. The molecular formula is C9H15N3O2. The minimum Gasteiger partial charge on any atom is -0.385 e. The molecule has 0 radical (unpaired) electrons. The van der Waals surface area contributed by atoms with E-state index in [4.69, 9.17) is 10.5 Å². The van der Waals surface area contributed by atoms with Gasteiger partial charge in [0.15, 0.2) is 0 Å². The third-order valence-corrected chi connectivity index (χ3v) is 3.42. The first kappa shape index (κ1) is 9.45. The second kappa shape index (κ2) is 2.48. The van der Waals surface area contributed by atoms with Crippen molar-refractivity contribution in [1.82, 2.24) is 4.90 Å². The minimum atomic E-state index is -0.538. The number of nitrogens with two attached hydrogens (primary N) is 1. The molecule has 5 nitrogen and oxygen atoms in total. The molecule has 1 saturated heterocycles. The summed E-state index contributed by atoms with van der Waals surface area (Å²) in [7, 11) is 1.72. The molecule has 1 atom stereocenters. The molecule has 1 fully saturated rings. The number of ether oxygens (including phenoxy) is 1. The third-order valence-electron chi connectivity index (χ3n) is 3.42. The van der Waals surface area contributed by atoms with Gasteiger partial charge in [-0.05, 0) is 13.8 Å². The molecule has 1 spiro atoms. The molecule has 2 amide bonds. The van der Waals surface area contributed by atoms with E-state index in [2.05, 4.69) is 4.99 Å². The smallest absolute Gasteiger partial charge is 0.345 e. The number of amidine groups is 1. The zero-order valence-electron chi connectivity index (χ0n) is 8.70. The molecule has 2 rings (SSSR count). The Bertz CT molecular complexity index is 324. The summed E-state index contributed by atoms with van der Waals surface area (Å²) in [6, 6.07) is -0.277. The standard InChI is InChI=1S/C9H15N3O2/c1-8(2)9(4-5-14-8)6(10)11-7(13)12(9)3/h4-5H2,1-3H3,(H2,10,11,13). The van der Waals surface area contributed by atoms with Gasteiger partial charge in [0.1, 0.15) is 11.4 Å². The Balaban J connectivity index is 2.50. The van der Waals surface area contributed by atoms with E-state index < -0.39 is 11.1 Å². The topological polar surface area (TPSA) is 67.9 Å². The number of likely N-dealkylation sites (N-methyl/N-ethyl adjacent to an activating group) is 1. The molecule has 2 aliphatic rings. The van der Waals surface area contributed by atoms with E-state index in [9.17, 15) is 4.79 Å². The van der Waals surface area contributed by atoms with Crippen LogP contribution in [0.5, 0.6) is 0 Å². The van der Waals surface area contributed by atoms with Crippen molar-refractivity contribution in [1.29, 1.82) is 0 Å². The van der Waals surface area contributed by atoms with Crippen LogP contribution in [0.1, 0.15) is 20.3 Å². The van der Waals surface area contributed by atoms with Gasteiger partial charge in [0.25, 0.3) is 0 Å². The fourth-order valence-corrected chi connectivity index (χ4v) is 2.49. The number of urea groups is 1. The van der Waals surface area contributed by atoms with Crippen molar-refractivity contribution in [3.8, 4) is 0 Å². The fraction of sp³-hybridized carbons (Fsp3) is 0.778. The van der Waals surface area contributed by atoms with Gasteiger partial charge in [0.05, 0.1) is 12.2 Å². The van der Waals surface area contributed by atoms with E-state index in [0.717, 1.165) is 6.42 Å². The van der Waals surface area contributed by atoms with Crippen molar-refractivity contribution >= 4 is 11.9 Å². The van der Waals surface area contributed by atoms with Gasteiger partial charge in [-0.1, -0.05) is 0 Å². The average Bonchev–Trinajstić information content (AvgIpc) is 2.49. The Morgan fingerprint density at radius 3 is 2.57 bits per heavy atom. The lowest BCUT2D eigenvalue weighted by atomic mass is 9.80. The summed E-state index contributed by atoms with van der Waals surface area (Å²) in [4.78, 5) is 16.8. The first-order chi connectivity index (χ1) is 6.42. The van der Waals surface area contributed by atoms with Crippen LogP contribution in [0, 0.1) is 0 Å². The SMILES string of the molecule is CN1C(=O)N=C(N)C12CCOC2(C)C. The van der Waals surface area contributed by atoms with E-state index >= 15 is 0 Å². The van der Waals surface area contributed by atoms with Crippen molar-refractivity contribution < 1.29 is 9.53 Å². The molecule has 0 aliphatic carbocycles. The predicted molar refractivity (Wildman–Crippen MR) is 52.2 cm³/mol. The fourth-order valence-electron chi connectivity index (χ4n) is 2.49. The number of carbonyl (C=O) groups is 1. The zero-order valence-corrected chi connectivity index (χ0v) is 8.70. The number of rotatable bonds is 0. The van der Waals surface area contributed by atoms with E-state index in [-0.39, 0.29) is 6.03 Å². The number of hydrogen-bond acceptors (Lipinski definition) is 3. The van der Waals surface area contributed by atoms with Crippen LogP contribution >= 0.6 is 0 Å². The highest BCUT2D eigenvalue weighted by Crippen LogP contribution is 2.42. The molecule has 0 aromatic carbocycles. The van der Waals surface area contributed by atoms with Crippen LogP contribution in [-0.4, -0.2) is 41.6 Å². The lowest BCUT2D eigenvalue weighted by Gasteiger charge is -2.41. The van der Waals surface area contributed by atoms with Gasteiger partial charge in [-0.15, -0.1) is 0 Å². The van der Waals surface area contributed by atoms with Gasteiger partial charge in [0.2, 0.25) is 0 Å². The molecule has 2 heterocycles. The van der Waals surface area contributed by atoms with Crippen LogP contribution < -0.4 is 5.73 Å². The Kier molecular flexibility index (Phi) is 1.67. The molecule has 14 heavy (non-hydrogen) atoms. The minimum absolute atomic E-state index is 0.277. The van der Waals surface area contributed by atoms with Crippen LogP contribution in [0.2, 0.25) is 0 Å². The van der Waals surface area contributed by atoms with E-state index in [1.807, 2.05) is 13.8 Å². The average molecular weight is 197 g/mol. The largest absolute Gasteiger partial charge is 0.385 e. The predicted octanol–water partition coefficient (Wildman–Crippen LogP) is 0.347. The van der Waals surface area contributed by atoms with Crippen molar-refractivity contribution in [2.45, 2.75) is 31.4 Å². The van der Waals surface area contributed by atoms with E-state index in [1.54, 1.807) is 11.9 Å². The molecule has 5 heteroatoms. The molecule has 0 saturated carbocycles. The second-order valence-electron chi connectivity index (χ2n) is 4.31. The molecule has 78 valence electrons. The van der Waals surface area contributed by atoms with Crippen LogP contribution in [0.25, 0.3) is 0 Å². The highest BCUT2D eigenvalue weighted by molar-refractivity contribution is 6.06. The zero-order chi connectivity index (χ0) is 10.6. The Morgan fingerprint density at radius 2 is 2.21 bits per heavy atom. The first-order valence-corrected chi connectivity index (χ1v) is 4.68. The Hall–Kier alpha value is -1.10. The maximum absolute atomic E-state index is 11.4. The third kappa shape index (κ3) is 0.829. The van der Waals surface area contributed by atoms with Gasteiger partial charge in [-0.25, -0.2) is 4.79 Å². The molecule has 2 N–H and O–H groups in total. The molecule has 0 aromatic heterocycles. The van der Waals surface area contributed by atoms with Crippen molar-refractivity contribution in [3.63, 3.8) is 0 Å². The summed E-state index contributed by atoms with van der Waals surface area (Å²) in [6.45, 7) is 4.50. The van der Waals surface area contributed by atoms with Gasteiger partial charge < -0.3 is 15.4 Å². The summed E-state index contributed by atoms with van der Waals surface area (Å²) in [5.41, 5.74) is 4.84.